The van der Waals surface area contributed by atoms with Crippen LogP contribution >= 0.6 is 26.6 Å². The molecule has 0 heterocycles. The lowest BCUT2D eigenvalue weighted by Crippen LogP contribution is -2.01. The van der Waals surface area contributed by atoms with Crippen LogP contribution in [0.1, 0.15) is 11.1 Å². The fraction of sp³-hybridized carbons (Fsp3) is 0.333. The van der Waals surface area contributed by atoms with E-state index in [-0.39, 0.29) is 5.75 Å². The van der Waals surface area contributed by atoms with Gasteiger partial charge in [0, 0.05) is 22.3 Å². The van der Waals surface area contributed by atoms with E-state index in [1.54, 1.807) is 13.2 Å². The Balaban J connectivity index is 3.07. The lowest BCUT2D eigenvalue weighted by molar-refractivity contribution is 0.184. The lowest BCUT2D eigenvalue weighted by Gasteiger charge is -2.07. The van der Waals surface area contributed by atoms with Gasteiger partial charge in [-0.05, 0) is 23.3 Å². The molecule has 0 aliphatic rings. The molecular weight excluding hydrogens is 304 g/mol. The van der Waals surface area contributed by atoms with E-state index in [2.05, 4.69) is 15.9 Å². The van der Waals surface area contributed by atoms with Crippen LogP contribution in [0.15, 0.2) is 22.7 Å². The average molecular weight is 314 g/mol. The first-order chi connectivity index (χ1) is 6.92. The summed E-state index contributed by atoms with van der Waals surface area (Å²) in [7, 11) is 3.23. The van der Waals surface area contributed by atoms with E-state index in [9.17, 15) is 8.42 Å². The Hall–Kier alpha value is -0.100. The molecule has 0 bridgehead atoms. The van der Waals surface area contributed by atoms with Gasteiger partial charge in [0.25, 0.3) is 0 Å². The van der Waals surface area contributed by atoms with Crippen molar-refractivity contribution in [1.82, 2.24) is 0 Å². The number of methoxy groups -OCH3 is 1. The van der Waals surface area contributed by atoms with Crippen molar-refractivity contribution >= 4 is 35.7 Å². The molecule has 6 heteroatoms. The second-order valence-corrected chi connectivity index (χ2v) is 6.72. The molecule has 0 spiro atoms. The minimum Gasteiger partial charge on any atom is -0.380 e. The number of ether oxygens (including phenoxy) is 1. The normalized spacial score (nSPS) is 11.7. The van der Waals surface area contributed by atoms with E-state index < -0.39 is 9.05 Å². The van der Waals surface area contributed by atoms with Gasteiger partial charge in [-0.3, -0.25) is 0 Å². The van der Waals surface area contributed by atoms with Crippen LogP contribution in [0, 0.1) is 0 Å². The lowest BCUT2D eigenvalue weighted by atomic mass is 10.1. The molecule has 0 unspecified atom stereocenters. The topological polar surface area (TPSA) is 43.4 Å². The molecule has 0 fully saturated rings. The number of benzene rings is 1. The van der Waals surface area contributed by atoms with Crippen molar-refractivity contribution in [3.63, 3.8) is 0 Å². The summed E-state index contributed by atoms with van der Waals surface area (Å²) in [6.45, 7) is 0.370. The Morgan fingerprint density at radius 3 is 2.60 bits per heavy atom. The van der Waals surface area contributed by atoms with Crippen molar-refractivity contribution in [3.05, 3.63) is 33.8 Å². The summed E-state index contributed by atoms with van der Waals surface area (Å²) < 4.78 is 27.7. The number of halogens is 2. The third-order valence-electron chi connectivity index (χ3n) is 1.80. The highest BCUT2D eigenvalue weighted by atomic mass is 79.9. The molecule has 1 rings (SSSR count). The van der Waals surface area contributed by atoms with E-state index in [1.807, 2.05) is 12.1 Å². The van der Waals surface area contributed by atoms with E-state index in [1.165, 1.54) is 0 Å². The van der Waals surface area contributed by atoms with Crippen molar-refractivity contribution < 1.29 is 13.2 Å². The van der Waals surface area contributed by atoms with Gasteiger partial charge < -0.3 is 4.74 Å². The summed E-state index contributed by atoms with van der Waals surface area (Å²) in [5.74, 6) is -0.188. The van der Waals surface area contributed by atoms with E-state index in [0.29, 0.717) is 12.2 Å². The minimum atomic E-state index is -3.54. The molecule has 15 heavy (non-hydrogen) atoms. The van der Waals surface area contributed by atoms with Crippen LogP contribution in [0.4, 0.5) is 0 Å². The predicted molar refractivity (Wildman–Crippen MR) is 63.3 cm³/mol. The van der Waals surface area contributed by atoms with Crippen molar-refractivity contribution in [1.29, 1.82) is 0 Å². The Morgan fingerprint density at radius 2 is 2.07 bits per heavy atom. The number of hydrogen-bond acceptors (Lipinski definition) is 3. The fourth-order valence-corrected chi connectivity index (χ4v) is 2.61. The molecule has 0 N–H and O–H groups in total. The Kier molecular flexibility index (Phi) is 4.58. The Bertz CT molecular complexity index is 445. The zero-order valence-electron chi connectivity index (χ0n) is 8.04. The summed E-state index contributed by atoms with van der Waals surface area (Å²) >= 11 is 3.28. The smallest absolute Gasteiger partial charge is 0.236 e. The second kappa shape index (κ2) is 5.30. The van der Waals surface area contributed by atoms with E-state index in [4.69, 9.17) is 15.4 Å². The molecule has 3 nitrogen and oxygen atoms in total. The van der Waals surface area contributed by atoms with Crippen LogP contribution in [0.5, 0.6) is 0 Å². The maximum atomic E-state index is 11.0. The van der Waals surface area contributed by atoms with E-state index in [0.717, 1.165) is 10.0 Å². The summed E-state index contributed by atoms with van der Waals surface area (Å²) in [6.07, 6.45) is 0. The quantitative estimate of drug-likeness (QED) is 0.803. The SMILES string of the molecule is COCc1ccc(Br)cc1CS(=O)(=O)Cl. The van der Waals surface area contributed by atoms with Gasteiger partial charge in [0.05, 0.1) is 12.4 Å². The summed E-state index contributed by atoms with van der Waals surface area (Å²) in [5, 5.41) is 0. The highest BCUT2D eigenvalue weighted by Gasteiger charge is 2.11. The van der Waals surface area contributed by atoms with Crippen LogP contribution in [0.2, 0.25) is 0 Å². The molecule has 0 amide bonds. The molecule has 0 saturated heterocycles. The minimum absolute atomic E-state index is 0.188. The molecule has 0 aromatic heterocycles. The first-order valence-electron chi connectivity index (χ1n) is 4.11. The third kappa shape index (κ3) is 4.51. The molecule has 0 atom stereocenters. The molecule has 0 radical (unpaired) electrons. The van der Waals surface area contributed by atoms with Gasteiger partial charge >= 0.3 is 0 Å². The molecule has 1 aromatic carbocycles. The third-order valence-corrected chi connectivity index (χ3v) is 3.27. The maximum absolute atomic E-state index is 11.0. The largest absolute Gasteiger partial charge is 0.380 e. The molecule has 0 aliphatic heterocycles. The van der Waals surface area contributed by atoms with Crippen molar-refractivity contribution in [3.8, 4) is 0 Å². The average Bonchev–Trinajstić information content (AvgIpc) is 2.07. The fourth-order valence-electron chi connectivity index (χ4n) is 1.21. The molecule has 1 aromatic rings. The number of hydrogen-bond donors (Lipinski definition) is 0. The molecule has 0 aliphatic carbocycles. The van der Waals surface area contributed by atoms with Gasteiger partial charge in [0.1, 0.15) is 0 Å². The predicted octanol–water partition coefficient (Wildman–Crippen LogP) is 2.66. The number of rotatable bonds is 4. The molecule has 84 valence electrons. The van der Waals surface area contributed by atoms with Crippen molar-refractivity contribution in [2.24, 2.45) is 0 Å². The van der Waals surface area contributed by atoms with Gasteiger partial charge in [-0.1, -0.05) is 22.0 Å². The highest BCUT2D eigenvalue weighted by Crippen LogP contribution is 2.20. The van der Waals surface area contributed by atoms with Gasteiger partial charge in [0.2, 0.25) is 9.05 Å². The standard InChI is InChI=1S/C9H10BrClO3S/c1-14-5-7-2-3-9(10)4-8(7)6-15(11,12)13/h2-4H,5-6H2,1H3. The summed E-state index contributed by atoms with van der Waals surface area (Å²) in [4.78, 5) is 0. The molecular formula is C9H10BrClO3S. The van der Waals surface area contributed by atoms with Crippen molar-refractivity contribution in [2.75, 3.05) is 7.11 Å². The van der Waals surface area contributed by atoms with Gasteiger partial charge in [-0.25, -0.2) is 8.42 Å². The second-order valence-electron chi connectivity index (χ2n) is 3.03. The van der Waals surface area contributed by atoms with Gasteiger partial charge in [0.15, 0.2) is 0 Å². The van der Waals surface area contributed by atoms with Crippen LogP contribution in [-0.4, -0.2) is 15.5 Å². The van der Waals surface area contributed by atoms with Crippen molar-refractivity contribution in [2.45, 2.75) is 12.4 Å². The van der Waals surface area contributed by atoms with Gasteiger partial charge in [-0.15, -0.1) is 0 Å². The Labute approximate surface area is 102 Å². The monoisotopic (exact) mass is 312 g/mol. The first-order valence-corrected chi connectivity index (χ1v) is 7.38. The van der Waals surface area contributed by atoms with Gasteiger partial charge in [-0.2, -0.15) is 0 Å². The highest BCUT2D eigenvalue weighted by molar-refractivity contribution is 9.10. The Morgan fingerprint density at radius 1 is 1.40 bits per heavy atom. The zero-order valence-corrected chi connectivity index (χ0v) is 11.2. The zero-order chi connectivity index (χ0) is 11.5. The van der Waals surface area contributed by atoms with Crippen LogP contribution < -0.4 is 0 Å². The van der Waals surface area contributed by atoms with E-state index >= 15 is 0 Å². The van der Waals surface area contributed by atoms with Crippen LogP contribution in [-0.2, 0) is 26.1 Å². The first kappa shape index (κ1) is 13.0. The summed E-state index contributed by atoms with van der Waals surface area (Å²) in [5.41, 5.74) is 1.48. The van der Waals surface area contributed by atoms with Crippen LogP contribution in [0.3, 0.4) is 0 Å². The van der Waals surface area contributed by atoms with Crippen LogP contribution in [0.25, 0.3) is 0 Å². The maximum Gasteiger partial charge on any atom is 0.236 e. The molecule has 0 saturated carbocycles. The summed E-state index contributed by atoms with van der Waals surface area (Å²) in [6, 6.07) is 5.37.